The van der Waals surface area contributed by atoms with Gasteiger partial charge in [-0.3, -0.25) is 24.6 Å². The number of rotatable bonds is 4. The van der Waals surface area contributed by atoms with E-state index in [1.54, 1.807) is 0 Å². The van der Waals surface area contributed by atoms with Gasteiger partial charge in [-0.05, 0) is 61.7 Å². The Hall–Kier alpha value is -3.17. The Balaban J connectivity index is 1.65. The van der Waals surface area contributed by atoms with Gasteiger partial charge in [-0.2, -0.15) is 0 Å². The fraction of sp³-hybridized carbons (Fsp3) is 0.0476. The number of amides is 2. The number of nitro benzene ring substituents is 1. The average molecular weight is 485 g/mol. The van der Waals surface area contributed by atoms with Gasteiger partial charge in [0.25, 0.3) is 11.1 Å². The van der Waals surface area contributed by atoms with E-state index in [4.69, 9.17) is 0 Å². The van der Waals surface area contributed by atoms with Gasteiger partial charge in [0.05, 0.1) is 20.8 Å². The van der Waals surface area contributed by atoms with Gasteiger partial charge in [-0.15, -0.1) is 0 Å². The summed E-state index contributed by atoms with van der Waals surface area (Å²) in [6.07, 6.45) is 1.41. The number of nitro groups is 1. The second kappa shape index (κ2) is 7.92. The first-order valence-electron chi connectivity index (χ1n) is 8.74. The lowest BCUT2D eigenvalue weighted by atomic mass is 10.0. The topological polar surface area (TPSA) is 101 Å². The third-order valence-electron chi connectivity index (χ3n) is 4.64. The van der Waals surface area contributed by atoms with Crippen molar-refractivity contribution in [3.63, 3.8) is 0 Å². The lowest BCUT2D eigenvalue weighted by Gasteiger charge is -2.14. The molecule has 3 aromatic carbocycles. The summed E-state index contributed by atoms with van der Waals surface area (Å²) in [5.74, 6) is -0.967. The van der Waals surface area contributed by atoms with Crippen molar-refractivity contribution < 1.29 is 19.6 Å². The maximum absolute atomic E-state index is 12.9. The molecule has 1 aliphatic rings. The van der Waals surface area contributed by atoms with E-state index in [0.717, 1.165) is 39.1 Å². The summed E-state index contributed by atoms with van der Waals surface area (Å²) in [7, 11) is 0. The lowest BCUT2D eigenvalue weighted by Crippen LogP contribution is -2.27. The third-order valence-corrected chi connectivity index (χ3v) is 6.15. The predicted molar refractivity (Wildman–Crippen MR) is 118 cm³/mol. The van der Waals surface area contributed by atoms with Crippen LogP contribution in [0.3, 0.4) is 0 Å². The SMILES string of the molecule is O=C1S/C(=C/c2cc(Br)c(O)c([N+](=O)[O-])c2)C(=O)N1Cc1cccc2ccccc12. The van der Waals surface area contributed by atoms with Crippen LogP contribution < -0.4 is 0 Å². The molecule has 0 spiro atoms. The predicted octanol–water partition coefficient (Wildman–Crippen LogP) is 5.45. The first-order valence-corrected chi connectivity index (χ1v) is 10.3. The number of nitrogens with zero attached hydrogens (tertiary/aromatic N) is 2. The Kier molecular flexibility index (Phi) is 5.31. The highest BCUT2D eigenvalue weighted by atomic mass is 79.9. The van der Waals surface area contributed by atoms with Crippen molar-refractivity contribution in [3.05, 3.63) is 85.2 Å². The van der Waals surface area contributed by atoms with Crippen LogP contribution in [0.25, 0.3) is 16.8 Å². The van der Waals surface area contributed by atoms with Gasteiger partial charge in [-0.1, -0.05) is 42.5 Å². The second-order valence-corrected chi connectivity index (χ2v) is 8.38. The molecule has 150 valence electrons. The lowest BCUT2D eigenvalue weighted by molar-refractivity contribution is -0.386. The molecule has 1 aliphatic heterocycles. The Labute approximate surface area is 183 Å². The second-order valence-electron chi connectivity index (χ2n) is 6.53. The summed E-state index contributed by atoms with van der Waals surface area (Å²) in [5.41, 5.74) is 0.673. The summed E-state index contributed by atoms with van der Waals surface area (Å²) in [5, 5.41) is 22.5. The Morgan fingerprint density at radius 2 is 1.87 bits per heavy atom. The minimum atomic E-state index is -0.719. The van der Waals surface area contributed by atoms with Gasteiger partial charge in [0, 0.05) is 6.07 Å². The molecule has 0 atom stereocenters. The van der Waals surface area contributed by atoms with Crippen LogP contribution in [0.1, 0.15) is 11.1 Å². The van der Waals surface area contributed by atoms with E-state index < -0.39 is 27.5 Å². The summed E-state index contributed by atoms with van der Waals surface area (Å²) in [4.78, 5) is 37.1. The van der Waals surface area contributed by atoms with Crippen LogP contribution in [0.2, 0.25) is 0 Å². The Bertz CT molecular complexity index is 1250. The molecule has 9 heteroatoms. The van der Waals surface area contributed by atoms with Crippen molar-refractivity contribution >= 4 is 61.4 Å². The molecular weight excluding hydrogens is 472 g/mol. The normalized spacial score (nSPS) is 15.4. The molecule has 0 aromatic heterocycles. The van der Waals surface area contributed by atoms with Crippen LogP contribution in [0.5, 0.6) is 5.75 Å². The van der Waals surface area contributed by atoms with E-state index in [-0.39, 0.29) is 15.9 Å². The number of phenolic OH excluding ortho intramolecular Hbond substituents is 1. The van der Waals surface area contributed by atoms with E-state index in [0.29, 0.717) is 5.56 Å². The maximum Gasteiger partial charge on any atom is 0.312 e. The molecule has 0 aliphatic carbocycles. The summed E-state index contributed by atoms with van der Waals surface area (Å²) in [6.45, 7) is 0.128. The van der Waals surface area contributed by atoms with Gasteiger partial charge < -0.3 is 5.11 Å². The van der Waals surface area contributed by atoms with E-state index in [9.17, 15) is 24.8 Å². The third kappa shape index (κ3) is 3.69. The van der Waals surface area contributed by atoms with Gasteiger partial charge in [0.2, 0.25) is 5.75 Å². The van der Waals surface area contributed by atoms with E-state index in [2.05, 4.69) is 15.9 Å². The molecule has 1 N–H and O–H groups in total. The number of benzene rings is 3. The van der Waals surface area contributed by atoms with Crippen molar-refractivity contribution in [1.29, 1.82) is 0 Å². The molecule has 0 saturated carbocycles. The molecule has 1 heterocycles. The Morgan fingerprint density at radius 3 is 2.63 bits per heavy atom. The molecule has 1 fully saturated rings. The molecule has 1 saturated heterocycles. The fourth-order valence-corrected chi connectivity index (χ4v) is 4.52. The van der Waals surface area contributed by atoms with Crippen LogP contribution in [-0.2, 0) is 11.3 Å². The first kappa shape index (κ1) is 20.1. The highest BCUT2D eigenvalue weighted by molar-refractivity contribution is 9.10. The number of halogens is 1. The molecule has 3 aromatic rings. The number of hydrogen-bond donors (Lipinski definition) is 1. The minimum Gasteiger partial charge on any atom is -0.501 e. The van der Waals surface area contributed by atoms with E-state index >= 15 is 0 Å². The van der Waals surface area contributed by atoms with Crippen LogP contribution in [0.15, 0.2) is 64.0 Å². The fourth-order valence-electron chi connectivity index (χ4n) is 3.22. The van der Waals surface area contributed by atoms with Crippen LogP contribution in [0, 0.1) is 10.1 Å². The van der Waals surface area contributed by atoms with E-state index in [1.165, 1.54) is 12.1 Å². The van der Waals surface area contributed by atoms with Gasteiger partial charge in [0.1, 0.15) is 0 Å². The average Bonchev–Trinajstić information content (AvgIpc) is 2.98. The zero-order valence-corrected chi connectivity index (χ0v) is 17.6. The number of imide groups is 1. The number of hydrogen-bond acceptors (Lipinski definition) is 6. The number of thioether (sulfide) groups is 1. The molecule has 7 nitrogen and oxygen atoms in total. The van der Waals surface area contributed by atoms with Crippen molar-refractivity contribution in [1.82, 2.24) is 4.90 Å². The van der Waals surface area contributed by atoms with Crippen LogP contribution in [-0.4, -0.2) is 26.1 Å². The number of fused-ring (bicyclic) bond motifs is 1. The smallest absolute Gasteiger partial charge is 0.312 e. The van der Waals surface area contributed by atoms with E-state index in [1.807, 2.05) is 42.5 Å². The molecular formula is C21H13BrN2O5S. The van der Waals surface area contributed by atoms with Crippen molar-refractivity contribution in [2.45, 2.75) is 6.54 Å². The Morgan fingerprint density at radius 1 is 1.13 bits per heavy atom. The minimum absolute atomic E-state index is 0.123. The van der Waals surface area contributed by atoms with Crippen molar-refractivity contribution in [3.8, 4) is 5.75 Å². The van der Waals surface area contributed by atoms with Crippen molar-refractivity contribution in [2.24, 2.45) is 0 Å². The number of carbonyl (C=O) groups excluding carboxylic acids is 2. The largest absolute Gasteiger partial charge is 0.501 e. The van der Waals surface area contributed by atoms with Gasteiger partial charge in [0.15, 0.2) is 0 Å². The summed E-state index contributed by atoms with van der Waals surface area (Å²) >= 11 is 3.84. The zero-order valence-electron chi connectivity index (χ0n) is 15.2. The van der Waals surface area contributed by atoms with Gasteiger partial charge >= 0.3 is 5.69 Å². The number of carbonyl (C=O) groups is 2. The summed E-state index contributed by atoms with van der Waals surface area (Å²) in [6, 6.07) is 16.0. The van der Waals surface area contributed by atoms with Crippen LogP contribution in [0.4, 0.5) is 10.5 Å². The van der Waals surface area contributed by atoms with Crippen LogP contribution >= 0.6 is 27.7 Å². The maximum atomic E-state index is 12.9. The molecule has 2 amide bonds. The molecule has 0 unspecified atom stereocenters. The standard InChI is InChI=1S/C21H13BrN2O5S/c22-16-8-12(9-17(19(16)25)24(28)29)10-18-20(26)23(21(27)30-18)11-14-6-3-5-13-4-1-2-7-15(13)14/h1-10,25H,11H2/b18-10+. The molecule has 0 radical (unpaired) electrons. The molecule has 4 rings (SSSR count). The highest BCUT2D eigenvalue weighted by Crippen LogP contribution is 2.38. The zero-order chi connectivity index (χ0) is 21.4. The molecule has 30 heavy (non-hydrogen) atoms. The van der Waals surface area contributed by atoms with Crippen molar-refractivity contribution in [2.75, 3.05) is 0 Å². The quantitative estimate of drug-likeness (QED) is 0.300. The number of phenols is 1. The monoisotopic (exact) mass is 484 g/mol. The summed E-state index contributed by atoms with van der Waals surface area (Å²) < 4.78 is 0.123. The first-order chi connectivity index (χ1) is 14.3. The van der Waals surface area contributed by atoms with Gasteiger partial charge in [-0.25, -0.2) is 0 Å². The number of aromatic hydroxyl groups is 1. The molecule has 0 bridgehead atoms. The highest BCUT2D eigenvalue weighted by Gasteiger charge is 2.35.